The molecule has 0 amide bonds. The van der Waals surface area contributed by atoms with Gasteiger partial charge in [0, 0.05) is 35.3 Å². The van der Waals surface area contributed by atoms with Gasteiger partial charge in [0.15, 0.2) is 0 Å². The molecule has 1 atom stereocenters. The summed E-state index contributed by atoms with van der Waals surface area (Å²) in [5.74, 6) is 1.36. The Hall–Kier alpha value is -3.41. The molecule has 3 heterocycles. The van der Waals surface area contributed by atoms with E-state index in [1.165, 1.54) is 0 Å². The highest BCUT2D eigenvalue weighted by atomic mass is 16.5. The molecule has 1 aliphatic rings. The lowest BCUT2D eigenvalue weighted by Crippen LogP contribution is -2.21. The summed E-state index contributed by atoms with van der Waals surface area (Å²) in [7, 11) is 0. The van der Waals surface area contributed by atoms with E-state index in [2.05, 4.69) is 16.0 Å². The van der Waals surface area contributed by atoms with Crippen molar-refractivity contribution < 1.29 is 9.47 Å². The van der Waals surface area contributed by atoms with E-state index in [1.807, 2.05) is 36.5 Å². The Morgan fingerprint density at radius 2 is 1.92 bits per heavy atom. The zero-order chi connectivity index (χ0) is 17.2. The van der Waals surface area contributed by atoms with Crippen molar-refractivity contribution in [3.8, 4) is 22.6 Å². The molecule has 0 radical (unpaired) electrons. The zero-order valence-electron chi connectivity index (χ0n) is 13.3. The largest absolute Gasteiger partial charge is 0.465 e. The Kier molecular flexibility index (Phi) is 3.78. The maximum atomic E-state index is 7.36. The molecule has 25 heavy (non-hydrogen) atoms. The number of nitrogens with two attached hydrogens (primary N) is 1. The van der Waals surface area contributed by atoms with Crippen LogP contribution in [0.2, 0.25) is 0 Å². The summed E-state index contributed by atoms with van der Waals surface area (Å²) >= 11 is 0. The van der Waals surface area contributed by atoms with Crippen molar-refractivity contribution in [2.75, 3.05) is 6.61 Å². The predicted octanol–water partition coefficient (Wildman–Crippen LogP) is 3.29. The van der Waals surface area contributed by atoms with Crippen LogP contribution in [0, 0.1) is 5.41 Å². The number of amidine groups is 1. The molecular weight excluding hydrogens is 316 g/mol. The van der Waals surface area contributed by atoms with Crippen molar-refractivity contribution in [2.24, 2.45) is 5.73 Å². The van der Waals surface area contributed by atoms with Crippen LogP contribution < -0.4 is 10.5 Å². The van der Waals surface area contributed by atoms with Gasteiger partial charge in [0.1, 0.15) is 18.1 Å². The molecule has 0 bridgehead atoms. The second kappa shape index (κ2) is 6.24. The Labute approximate surface area is 144 Å². The molecule has 4 rings (SSSR count). The summed E-state index contributed by atoms with van der Waals surface area (Å²) in [5, 5.41) is 7.36. The summed E-state index contributed by atoms with van der Waals surface area (Å²) in [4.78, 5) is 8.30. The summed E-state index contributed by atoms with van der Waals surface area (Å²) in [5.41, 5.74) is 9.40. The number of fused-ring (bicyclic) bond motifs is 2. The van der Waals surface area contributed by atoms with Crippen molar-refractivity contribution >= 4 is 6.02 Å². The van der Waals surface area contributed by atoms with E-state index >= 15 is 0 Å². The van der Waals surface area contributed by atoms with Gasteiger partial charge in [-0.15, -0.1) is 0 Å². The first-order valence-corrected chi connectivity index (χ1v) is 7.85. The summed E-state index contributed by atoms with van der Waals surface area (Å²) in [6.45, 7) is 0.263. The third-order valence-electron chi connectivity index (χ3n) is 4.20. The fraction of sp³-hybridized carbons (Fsp3) is 0.105. The average molecular weight is 332 g/mol. The number of rotatable bonds is 3. The van der Waals surface area contributed by atoms with Crippen LogP contribution in [0.5, 0.6) is 11.5 Å². The van der Waals surface area contributed by atoms with E-state index in [-0.39, 0.29) is 18.5 Å². The lowest BCUT2D eigenvalue weighted by atomic mass is 9.87. The number of hydrogen-bond donors (Lipinski definition) is 2. The summed E-state index contributed by atoms with van der Waals surface area (Å²) < 4.78 is 11.3. The van der Waals surface area contributed by atoms with Crippen LogP contribution in [0.25, 0.3) is 11.1 Å². The van der Waals surface area contributed by atoms with Crippen LogP contribution in [-0.4, -0.2) is 22.6 Å². The van der Waals surface area contributed by atoms with Gasteiger partial charge in [-0.3, -0.25) is 15.4 Å². The number of nitrogens with zero attached hydrogens (tertiary/aromatic N) is 2. The first-order chi connectivity index (χ1) is 12.2. The highest BCUT2D eigenvalue weighted by molar-refractivity contribution is 5.69. The van der Waals surface area contributed by atoms with Crippen molar-refractivity contribution in [2.45, 2.75) is 5.92 Å². The smallest absolute Gasteiger partial charge is 0.279 e. The van der Waals surface area contributed by atoms with Gasteiger partial charge in [-0.1, -0.05) is 12.1 Å². The molecule has 1 unspecified atom stereocenters. The van der Waals surface area contributed by atoms with Gasteiger partial charge in [-0.05, 0) is 29.8 Å². The van der Waals surface area contributed by atoms with Crippen molar-refractivity contribution in [1.82, 2.24) is 9.97 Å². The number of nitrogens with one attached hydrogen (secondary N) is 1. The summed E-state index contributed by atoms with van der Waals surface area (Å²) in [6.07, 6.45) is 6.98. The molecule has 0 fully saturated rings. The number of aromatic nitrogens is 2. The number of ether oxygens (including phenoxy) is 2. The van der Waals surface area contributed by atoms with Crippen LogP contribution in [-0.2, 0) is 4.74 Å². The van der Waals surface area contributed by atoms with Crippen LogP contribution in [0.4, 0.5) is 0 Å². The zero-order valence-corrected chi connectivity index (χ0v) is 13.3. The maximum Gasteiger partial charge on any atom is 0.279 e. The van der Waals surface area contributed by atoms with Crippen molar-refractivity contribution in [3.05, 3.63) is 72.3 Å². The van der Waals surface area contributed by atoms with E-state index in [9.17, 15) is 0 Å². The first-order valence-electron chi connectivity index (χ1n) is 7.85. The van der Waals surface area contributed by atoms with E-state index < -0.39 is 0 Å². The fourth-order valence-corrected chi connectivity index (χ4v) is 3.03. The molecule has 1 aliphatic heterocycles. The Bertz CT molecular complexity index is 928. The van der Waals surface area contributed by atoms with Gasteiger partial charge >= 0.3 is 0 Å². The molecule has 3 aromatic rings. The third-order valence-corrected chi connectivity index (χ3v) is 4.20. The van der Waals surface area contributed by atoms with Crippen LogP contribution >= 0.6 is 0 Å². The normalized spacial score (nSPS) is 14.8. The lowest BCUT2D eigenvalue weighted by molar-refractivity contribution is 0.274. The second-order valence-electron chi connectivity index (χ2n) is 5.74. The third kappa shape index (κ3) is 2.89. The van der Waals surface area contributed by atoms with Crippen molar-refractivity contribution in [1.29, 1.82) is 5.41 Å². The van der Waals surface area contributed by atoms with Crippen molar-refractivity contribution in [3.63, 3.8) is 0 Å². The maximum absolute atomic E-state index is 7.36. The molecule has 124 valence electrons. The molecule has 0 aliphatic carbocycles. The lowest BCUT2D eigenvalue weighted by Gasteiger charge is -2.28. The van der Waals surface area contributed by atoms with Gasteiger partial charge in [0.2, 0.25) is 0 Å². The number of benzene rings is 1. The Balaban J connectivity index is 1.79. The number of pyridine rings is 2. The second-order valence-corrected chi connectivity index (χ2v) is 5.74. The molecule has 0 spiro atoms. The van der Waals surface area contributed by atoms with E-state index in [0.717, 1.165) is 28.0 Å². The topological polar surface area (TPSA) is 94.1 Å². The van der Waals surface area contributed by atoms with Crippen LogP contribution in [0.3, 0.4) is 0 Å². The Morgan fingerprint density at radius 1 is 1.04 bits per heavy atom. The quantitative estimate of drug-likeness (QED) is 0.567. The van der Waals surface area contributed by atoms with Gasteiger partial charge in [-0.25, -0.2) is 0 Å². The van der Waals surface area contributed by atoms with Gasteiger partial charge < -0.3 is 15.2 Å². The van der Waals surface area contributed by atoms with E-state index in [4.69, 9.17) is 20.6 Å². The average Bonchev–Trinajstić information content (AvgIpc) is 2.65. The van der Waals surface area contributed by atoms with E-state index in [1.54, 1.807) is 18.6 Å². The molecule has 6 heteroatoms. The van der Waals surface area contributed by atoms with E-state index in [0.29, 0.717) is 5.75 Å². The summed E-state index contributed by atoms with van der Waals surface area (Å²) in [6, 6.07) is 11.5. The Morgan fingerprint density at radius 3 is 2.72 bits per heavy atom. The minimum absolute atomic E-state index is 0.0951. The van der Waals surface area contributed by atoms with Gasteiger partial charge in [-0.2, -0.15) is 0 Å². The SMILES string of the molecule is N=C(N)OCC1c2ccncc2Oc2ccc(-c3cccnc3)cc21. The highest BCUT2D eigenvalue weighted by Crippen LogP contribution is 2.45. The minimum Gasteiger partial charge on any atom is -0.465 e. The molecule has 0 saturated carbocycles. The molecule has 1 aromatic carbocycles. The molecule has 6 nitrogen and oxygen atoms in total. The van der Waals surface area contributed by atoms with Crippen LogP contribution in [0.1, 0.15) is 17.0 Å². The highest BCUT2D eigenvalue weighted by Gasteiger charge is 2.28. The molecular formula is C19H16N4O2. The van der Waals surface area contributed by atoms with Gasteiger partial charge in [0.25, 0.3) is 6.02 Å². The molecule has 3 N–H and O–H groups in total. The van der Waals surface area contributed by atoms with Crippen LogP contribution in [0.15, 0.2) is 61.2 Å². The van der Waals surface area contributed by atoms with Gasteiger partial charge in [0.05, 0.1) is 12.1 Å². The monoisotopic (exact) mass is 332 g/mol. The predicted molar refractivity (Wildman–Crippen MR) is 93.7 cm³/mol. The first kappa shape index (κ1) is 15.1. The standard InChI is InChI=1S/C19H16N4O2/c20-19(21)24-11-16-14-5-7-23-10-18(14)25-17-4-3-12(8-15(16)17)13-2-1-6-22-9-13/h1-10,16H,11H2,(H3,20,21). The molecule has 2 aromatic heterocycles. The minimum atomic E-state index is -0.299. The number of hydrogen-bond acceptors (Lipinski definition) is 5. The fourth-order valence-electron chi connectivity index (χ4n) is 3.03. The molecule has 0 saturated heterocycles.